The van der Waals surface area contributed by atoms with Crippen molar-refractivity contribution in [3.8, 4) is 0 Å². The van der Waals surface area contributed by atoms with E-state index in [1.54, 1.807) is 0 Å². The van der Waals surface area contributed by atoms with Crippen molar-refractivity contribution in [2.24, 2.45) is 0 Å². The number of hydrogen-bond acceptors (Lipinski definition) is 8. The van der Waals surface area contributed by atoms with Gasteiger partial charge in [-0.15, -0.1) is 0 Å². The van der Waals surface area contributed by atoms with E-state index in [1.807, 2.05) is 21.1 Å². The van der Waals surface area contributed by atoms with Crippen LogP contribution >= 0.6 is 7.82 Å². The van der Waals surface area contributed by atoms with E-state index in [1.165, 1.54) is 244 Å². The summed E-state index contributed by atoms with van der Waals surface area (Å²) in [5.74, 6) is -0.821. The van der Waals surface area contributed by atoms with Gasteiger partial charge in [-0.2, -0.15) is 0 Å². The van der Waals surface area contributed by atoms with Crippen molar-refractivity contribution in [3.63, 3.8) is 0 Å². The minimum Gasteiger partial charge on any atom is -0.756 e. The summed E-state index contributed by atoms with van der Waals surface area (Å²) in [6.45, 7) is 4.16. The van der Waals surface area contributed by atoms with E-state index in [-0.39, 0.29) is 32.0 Å². The number of phosphoric acid groups is 1. The quantitative estimate of drug-likeness (QED) is 0.0195. The lowest BCUT2D eigenvalue weighted by molar-refractivity contribution is -0.870. The Morgan fingerprint density at radius 1 is 0.327 bits per heavy atom. The van der Waals surface area contributed by atoms with Crippen molar-refractivity contribution in [3.05, 3.63) is 122 Å². The Balaban J connectivity index is 3.96. The van der Waals surface area contributed by atoms with Gasteiger partial charge in [-0.3, -0.25) is 14.2 Å². The van der Waals surface area contributed by atoms with Crippen LogP contribution in [0, 0.1) is 0 Å². The molecule has 0 aromatic heterocycles. The van der Waals surface area contributed by atoms with E-state index >= 15 is 0 Å². The molecular formula is C88H156NO8P. The fraction of sp³-hybridized carbons (Fsp3) is 0.750. The Morgan fingerprint density at radius 3 is 0.867 bits per heavy atom. The maximum Gasteiger partial charge on any atom is 0.306 e. The minimum absolute atomic E-state index is 0.0329. The smallest absolute Gasteiger partial charge is 0.306 e. The molecule has 0 rings (SSSR count). The Labute approximate surface area is 607 Å². The number of allylic oxidation sites excluding steroid dienone is 20. The first kappa shape index (κ1) is 94.4. The zero-order chi connectivity index (χ0) is 71.1. The Bertz CT molecular complexity index is 2070. The zero-order valence-corrected chi connectivity index (χ0v) is 65.6. The standard InChI is InChI=1S/C88H156NO8P/c1-6-8-10-12-14-16-18-20-22-24-26-28-30-32-34-36-38-40-42-43-44-45-47-49-51-53-55-57-59-61-63-65-67-69-71-73-75-77-79-81-88(91)97-86(85-96-98(92,93)95-83-82-89(3,4)5)84-94-87(90)80-78-76-74-72-70-68-66-64-62-60-58-56-54-52-50-48-46-41-39-37-35-33-31-29-27-25-23-21-19-17-15-13-11-9-7-2/h8,10,14,16,19-22,25-28,32,34,38,40,43-44,47,49,86H,6-7,9,11-13,15,17-18,23-24,29-31,33,35-37,39,41-42,45-46,48,50-85H2,1-5H3/b10-8-,16-14-,21-19-,22-20-,27-25-,28-26-,34-32-,40-38-,44-43-,49-47-. The fourth-order valence-electron chi connectivity index (χ4n) is 11.7. The first-order valence-electron chi connectivity index (χ1n) is 41.2. The van der Waals surface area contributed by atoms with Crippen LogP contribution in [0.1, 0.15) is 373 Å². The van der Waals surface area contributed by atoms with E-state index in [0.29, 0.717) is 17.4 Å². The number of quaternary nitrogens is 1. The molecule has 0 saturated carbocycles. The summed E-state index contributed by atoms with van der Waals surface area (Å²) < 4.78 is 34.4. The average molecular weight is 1390 g/mol. The molecule has 2 unspecified atom stereocenters. The monoisotopic (exact) mass is 1390 g/mol. The van der Waals surface area contributed by atoms with Gasteiger partial charge < -0.3 is 27.9 Å². The van der Waals surface area contributed by atoms with Crippen LogP contribution in [0.3, 0.4) is 0 Å². The molecule has 0 radical (unpaired) electrons. The van der Waals surface area contributed by atoms with Crippen molar-refractivity contribution in [2.45, 2.75) is 380 Å². The molecule has 0 aromatic rings. The predicted molar refractivity (Wildman–Crippen MR) is 425 cm³/mol. The maximum absolute atomic E-state index is 12.9. The third-order valence-corrected chi connectivity index (χ3v) is 18.9. The van der Waals surface area contributed by atoms with Crippen molar-refractivity contribution in [1.82, 2.24) is 0 Å². The molecule has 0 aliphatic carbocycles. The highest BCUT2D eigenvalue weighted by Crippen LogP contribution is 2.38. The van der Waals surface area contributed by atoms with Crippen LogP contribution in [0.5, 0.6) is 0 Å². The molecule has 0 N–H and O–H groups in total. The summed E-state index contributed by atoms with van der Waals surface area (Å²) >= 11 is 0. The number of carbonyl (C=O) groups excluding carboxylic acids is 2. The topological polar surface area (TPSA) is 111 Å². The highest BCUT2D eigenvalue weighted by molar-refractivity contribution is 7.45. The lowest BCUT2D eigenvalue weighted by atomic mass is 10.0. The molecule has 10 heteroatoms. The molecule has 9 nitrogen and oxygen atoms in total. The maximum atomic E-state index is 12.9. The van der Waals surface area contributed by atoms with Crippen LogP contribution in [0.2, 0.25) is 0 Å². The number of likely N-dealkylation sites (N-methyl/N-ethyl adjacent to an activating group) is 1. The largest absolute Gasteiger partial charge is 0.756 e. The van der Waals surface area contributed by atoms with Crippen molar-refractivity contribution < 1.29 is 42.1 Å². The highest BCUT2D eigenvalue weighted by Gasteiger charge is 2.22. The Morgan fingerprint density at radius 2 is 0.582 bits per heavy atom. The molecule has 0 bridgehead atoms. The molecule has 98 heavy (non-hydrogen) atoms. The van der Waals surface area contributed by atoms with Gasteiger partial charge >= 0.3 is 11.9 Å². The van der Waals surface area contributed by atoms with Crippen LogP contribution in [-0.4, -0.2) is 70.0 Å². The second-order valence-corrected chi connectivity index (χ2v) is 30.2. The van der Waals surface area contributed by atoms with Gasteiger partial charge in [0.2, 0.25) is 0 Å². The van der Waals surface area contributed by atoms with Gasteiger partial charge in [0.05, 0.1) is 27.7 Å². The van der Waals surface area contributed by atoms with Gasteiger partial charge in [0, 0.05) is 12.8 Å². The van der Waals surface area contributed by atoms with Gasteiger partial charge in [-0.25, -0.2) is 0 Å². The molecule has 0 fully saturated rings. The molecule has 0 amide bonds. The minimum atomic E-state index is -4.65. The number of rotatable bonds is 76. The summed E-state index contributed by atoms with van der Waals surface area (Å²) in [6, 6.07) is 0. The highest BCUT2D eigenvalue weighted by atomic mass is 31.2. The van der Waals surface area contributed by atoms with Crippen LogP contribution in [0.15, 0.2) is 122 Å². The molecule has 0 aliphatic rings. The number of phosphoric ester groups is 1. The van der Waals surface area contributed by atoms with E-state index in [0.717, 1.165) is 96.3 Å². The second-order valence-electron chi connectivity index (χ2n) is 28.8. The van der Waals surface area contributed by atoms with E-state index in [9.17, 15) is 19.0 Å². The molecule has 0 saturated heterocycles. The molecule has 0 aliphatic heterocycles. The van der Waals surface area contributed by atoms with Crippen molar-refractivity contribution >= 4 is 19.8 Å². The van der Waals surface area contributed by atoms with Gasteiger partial charge in [0.25, 0.3) is 7.82 Å². The molecular weight excluding hydrogens is 1230 g/mol. The van der Waals surface area contributed by atoms with Crippen LogP contribution in [-0.2, 0) is 32.7 Å². The second kappa shape index (κ2) is 77.6. The fourth-order valence-corrected chi connectivity index (χ4v) is 12.4. The zero-order valence-electron chi connectivity index (χ0n) is 64.7. The number of hydrogen-bond donors (Lipinski definition) is 0. The third kappa shape index (κ3) is 81.4. The Hall–Kier alpha value is -3.59. The first-order valence-corrected chi connectivity index (χ1v) is 42.7. The molecule has 2 atom stereocenters. The van der Waals surface area contributed by atoms with Gasteiger partial charge in [-0.1, -0.05) is 373 Å². The summed E-state index contributed by atoms with van der Waals surface area (Å²) in [7, 11) is 1.17. The van der Waals surface area contributed by atoms with E-state index in [4.69, 9.17) is 18.5 Å². The Kier molecular flexibility index (Phi) is 74.7. The summed E-state index contributed by atoms with van der Waals surface area (Å²) in [5, 5.41) is 0. The number of esters is 2. The summed E-state index contributed by atoms with van der Waals surface area (Å²) in [6.07, 6.45) is 112. The summed E-state index contributed by atoms with van der Waals surface area (Å²) in [5.41, 5.74) is 0. The average Bonchev–Trinajstić information content (AvgIpc) is 1.23. The summed E-state index contributed by atoms with van der Waals surface area (Å²) in [4.78, 5) is 38.2. The van der Waals surface area contributed by atoms with Crippen LogP contribution in [0.25, 0.3) is 0 Å². The number of unbranched alkanes of at least 4 members (excludes halogenated alkanes) is 42. The van der Waals surface area contributed by atoms with Gasteiger partial charge in [0.1, 0.15) is 19.8 Å². The molecule has 0 spiro atoms. The SMILES string of the molecule is CC/C=C\C/C=C\C/C=C\C/C=C\C/C=C\C/C=C\C/C=C\C/C=C\CCCCCCCCCCCCCCCCC(=O)OC(COC(=O)CCCCCCCCCCCCCCCCCCCCCCCCC/C=C\C/C=C\CCCCCCC)COP(=O)([O-])OCC[N+](C)(C)C. The van der Waals surface area contributed by atoms with Gasteiger partial charge in [0.15, 0.2) is 6.10 Å². The predicted octanol–water partition coefficient (Wildman–Crippen LogP) is 27.1. The lowest BCUT2D eigenvalue weighted by Crippen LogP contribution is -2.37. The lowest BCUT2D eigenvalue weighted by Gasteiger charge is -2.28. The van der Waals surface area contributed by atoms with Crippen molar-refractivity contribution in [2.75, 3.05) is 47.5 Å². The number of ether oxygens (including phenoxy) is 2. The number of nitrogens with zero attached hydrogens (tertiary/aromatic N) is 1. The van der Waals surface area contributed by atoms with E-state index in [2.05, 4.69) is 135 Å². The number of carbonyl (C=O) groups is 2. The normalized spacial score (nSPS) is 13.7. The molecule has 0 heterocycles. The first-order chi connectivity index (χ1) is 48.0. The van der Waals surface area contributed by atoms with Crippen molar-refractivity contribution in [1.29, 1.82) is 0 Å². The van der Waals surface area contributed by atoms with E-state index < -0.39 is 26.5 Å². The van der Waals surface area contributed by atoms with Gasteiger partial charge in [-0.05, 0) is 109 Å². The molecule has 0 aromatic carbocycles. The van der Waals surface area contributed by atoms with Crippen LogP contribution in [0.4, 0.5) is 0 Å². The molecule has 566 valence electrons. The third-order valence-electron chi connectivity index (χ3n) is 18.0. The van der Waals surface area contributed by atoms with Crippen LogP contribution < -0.4 is 4.89 Å².